The van der Waals surface area contributed by atoms with Gasteiger partial charge in [-0.3, -0.25) is 10.2 Å². The number of ether oxygens (including phenoxy) is 8. The van der Waals surface area contributed by atoms with E-state index < -0.39 is 59.4 Å². The maximum Gasteiger partial charge on any atom is 0.413 e. The largest absolute Gasteiger partial charge is 0.497 e. The second-order valence-corrected chi connectivity index (χ2v) is 19.1. The fraction of sp³-hybridized carbons (Fsp3) is 0.310. The lowest BCUT2D eigenvalue weighted by Gasteiger charge is -2.31. The number of carbonyl (C=O) groups is 4. The highest BCUT2D eigenvalue weighted by molar-refractivity contribution is 6.61. The van der Waals surface area contributed by atoms with Crippen molar-refractivity contribution >= 4 is 35.1 Å². The van der Waals surface area contributed by atoms with Crippen molar-refractivity contribution in [2.24, 2.45) is 0 Å². The number of nitrogens with one attached hydrogen (secondary N) is 1. The first-order valence-electron chi connectivity index (χ1n) is 23.7. The van der Waals surface area contributed by atoms with Crippen LogP contribution in [-0.2, 0) is 51.2 Å². The Balaban J connectivity index is 0.000000210. The molecular formula is C58H63ClN2O12. The maximum absolute atomic E-state index is 13.5. The van der Waals surface area contributed by atoms with Gasteiger partial charge in [0.1, 0.15) is 48.2 Å². The van der Waals surface area contributed by atoms with Crippen LogP contribution in [-0.4, -0.2) is 66.0 Å². The summed E-state index contributed by atoms with van der Waals surface area (Å²) < 4.78 is 44.4. The Morgan fingerprint density at radius 2 is 0.945 bits per heavy atom. The van der Waals surface area contributed by atoms with Crippen LogP contribution in [0.25, 0.3) is 0 Å². The molecule has 2 aliphatic heterocycles. The Morgan fingerprint density at radius 1 is 0.521 bits per heavy atom. The predicted molar refractivity (Wildman–Crippen MR) is 275 cm³/mol. The molecule has 0 bridgehead atoms. The van der Waals surface area contributed by atoms with Gasteiger partial charge in [0.25, 0.3) is 0 Å². The van der Waals surface area contributed by atoms with E-state index in [4.69, 9.17) is 44.8 Å². The molecule has 2 heterocycles. The van der Waals surface area contributed by atoms with Gasteiger partial charge in [-0.25, -0.2) is 19.2 Å². The summed E-state index contributed by atoms with van der Waals surface area (Å²) >= 11 is 4.90. The second kappa shape index (κ2) is 25.9. The van der Waals surface area contributed by atoms with Crippen LogP contribution in [0.4, 0.5) is 9.59 Å². The fourth-order valence-electron chi connectivity index (χ4n) is 7.73. The van der Waals surface area contributed by atoms with Crippen LogP contribution < -0.4 is 14.8 Å². The molecule has 73 heavy (non-hydrogen) atoms. The minimum Gasteiger partial charge on any atom is -0.497 e. The molecule has 0 aromatic heterocycles. The quantitative estimate of drug-likeness (QED) is 0.0702. The molecular weight excluding hydrogens is 952 g/mol. The number of esters is 2. The summed E-state index contributed by atoms with van der Waals surface area (Å²) in [7, 11) is 3.21. The Kier molecular flexibility index (Phi) is 19.6. The van der Waals surface area contributed by atoms with Gasteiger partial charge in [-0.15, -0.1) is 0 Å². The van der Waals surface area contributed by atoms with Gasteiger partial charge in [0.2, 0.25) is 0 Å². The van der Waals surface area contributed by atoms with E-state index in [0.29, 0.717) is 11.3 Å². The van der Waals surface area contributed by atoms with E-state index in [1.165, 1.54) is 4.90 Å². The zero-order chi connectivity index (χ0) is 52.5. The van der Waals surface area contributed by atoms with Crippen molar-refractivity contribution in [1.82, 2.24) is 10.2 Å². The molecule has 0 spiro atoms. The van der Waals surface area contributed by atoms with Gasteiger partial charge in [-0.05, 0) is 93.6 Å². The minimum absolute atomic E-state index is 0.0979. The summed E-state index contributed by atoms with van der Waals surface area (Å²) in [6.45, 7) is 11.0. The summed E-state index contributed by atoms with van der Waals surface area (Å²) in [5.74, 6) is 0.493. The number of hydrogen-bond donors (Lipinski definition) is 1. The van der Waals surface area contributed by atoms with E-state index in [1.807, 2.05) is 146 Å². The van der Waals surface area contributed by atoms with Crippen LogP contribution in [0.15, 0.2) is 170 Å². The Labute approximate surface area is 432 Å². The number of benzene rings is 6. The molecule has 2 fully saturated rings. The third kappa shape index (κ3) is 16.4. The smallest absolute Gasteiger partial charge is 0.413 e. The number of nitrogens with zero attached hydrogens (tertiary/aromatic N) is 1. The summed E-state index contributed by atoms with van der Waals surface area (Å²) in [6, 6.07) is 51.9. The van der Waals surface area contributed by atoms with Gasteiger partial charge in [0.05, 0.1) is 20.3 Å². The first kappa shape index (κ1) is 55.1. The van der Waals surface area contributed by atoms with Crippen molar-refractivity contribution in [2.75, 3.05) is 14.2 Å². The van der Waals surface area contributed by atoms with Gasteiger partial charge in [-0.1, -0.05) is 146 Å². The Morgan fingerprint density at radius 3 is 1.37 bits per heavy atom. The maximum atomic E-state index is 13.5. The van der Waals surface area contributed by atoms with Gasteiger partial charge in [0.15, 0.2) is 18.4 Å². The van der Waals surface area contributed by atoms with E-state index in [-0.39, 0.29) is 25.2 Å². The van der Waals surface area contributed by atoms with Crippen LogP contribution in [0, 0.1) is 0 Å². The highest BCUT2D eigenvalue weighted by atomic mass is 35.5. The Hall–Kier alpha value is -7.23. The first-order valence-corrected chi connectivity index (χ1v) is 24.1. The van der Waals surface area contributed by atoms with Gasteiger partial charge in [0, 0.05) is 17.2 Å². The molecule has 6 aromatic carbocycles. The molecule has 6 aromatic rings. The van der Waals surface area contributed by atoms with Crippen molar-refractivity contribution < 1.29 is 57.1 Å². The number of methoxy groups -OCH3 is 2. The molecule has 2 unspecified atom stereocenters. The number of carbonyl (C=O) groups excluding carboxylic acids is 4. The molecule has 1 amide bonds. The monoisotopic (exact) mass is 1010 g/mol. The predicted octanol–water partition coefficient (Wildman–Crippen LogP) is 12.1. The van der Waals surface area contributed by atoms with Gasteiger partial charge in [-0.2, -0.15) is 0 Å². The average molecular weight is 1020 g/mol. The second-order valence-electron chi connectivity index (χ2n) is 18.8. The Bertz CT molecular complexity index is 2660. The first-order chi connectivity index (χ1) is 34.9. The van der Waals surface area contributed by atoms with Crippen molar-refractivity contribution in [1.29, 1.82) is 0 Å². The minimum atomic E-state index is -1.06. The van der Waals surface area contributed by atoms with Crippen molar-refractivity contribution in [3.05, 3.63) is 203 Å². The molecule has 2 saturated heterocycles. The molecule has 1 N–H and O–H groups in total. The number of rotatable bonds is 12. The average Bonchev–Trinajstić information content (AvgIpc) is 4.02. The molecule has 15 heteroatoms. The topological polar surface area (TPSA) is 157 Å². The van der Waals surface area contributed by atoms with E-state index in [0.717, 1.165) is 33.6 Å². The summed E-state index contributed by atoms with van der Waals surface area (Å²) in [6.07, 6.45) is -3.68. The third-order valence-corrected chi connectivity index (χ3v) is 11.1. The zero-order valence-corrected chi connectivity index (χ0v) is 43.0. The van der Waals surface area contributed by atoms with Crippen LogP contribution >= 0.6 is 11.6 Å². The van der Waals surface area contributed by atoms with E-state index in [1.54, 1.807) is 80.0 Å². The van der Waals surface area contributed by atoms with Gasteiger partial charge < -0.3 is 37.9 Å². The van der Waals surface area contributed by atoms with Crippen molar-refractivity contribution in [2.45, 2.75) is 103 Å². The number of halogens is 1. The molecule has 0 aliphatic carbocycles. The standard InChI is InChI=1S/C29H31NO6.C24H23NO4.C5H9ClO2/c1-29(2,3)36-28(32)30-24(21-13-9-6-10-14-21)25(27(31)34-19-20-11-7-5-8-12-20)35-26(30)22-15-17-23(33-4)18-16-22;1-27-20-14-12-19(13-15-20)23-25-21(18-10-6-3-7-11-18)22(29-23)24(26)28-16-17-8-4-2-5-9-17;1-5(2,3)8-4(6)7/h5-18,24-26H,19H2,1-4H3;2-15,21-23,25H,16H2,1H3;1-3H3/t24-,25+,26?;21-,22+,23?;/m00./s1. The SMILES string of the molecule is CC(C)(C)OC(=O)Cl.COc1ccc(C2N[C@@H](c3ccccc3)[C@H](C(=O)OCc3ccccc3)O2)cc1.COc1ccc(C2O[C@@H](C(=O)OCc3ccccc3)[C@H](c3ccccc3)N2C(=O)OC(C)(C)C)cc1. The third-order valence-electron chi connectivity index (χ3n) is 11.1. The lowest BCUT2D eigenvalue weighted by Crippen LogP contribution is -2.40. The molecule has 8 rings (SSSR count). The van der Waals surface area contributed by atoms with Crippen LogP contribution in [0.1, 0.15) is 99.5 Å². The molecule has 0 radical (unpaired) electrons. The lowest BCUT2D eigenvalue weighted by atomic mass is 10.0. The highest BCUT2D eigenvalue weighted by Gasteiger charge is 2.52. The molecule has 6 atom stereocenters. The lowest BCUT2D eigenvalue weighted by molar-refractivity contribution is -0.159. The van der Waals surface area contributed by atoms with Crippen LogP contribution in [0.2, 0.25) is 0 Å². The van der Waals surface area contributed by atoms with Crippen LogP contribution in [0.5, 0.6) is 11.5 Å². The molecule has 14 nitrogen and oxygen atoms in total. The zero-order valence-electron chi connectivity index (χ0n) is 42.3. The van der Waals surface area contributed by atoms with Crippen molar-refractivity contribution in [3.63, 3.8) is 0 Å². The number of amides is 1. The normalized spacial score (nSPS) is 19.2. The molecule has 0 saturated carbocycles. The molecule has 384 valence electrons. The van der Waals surface area contributed by atoms with E-state index in [2.05, 4.69) is 10.1 Å². The highest BCUT2D eigenvalue weighted by Crippen LogP contribution is 2.45. The number of hydrogen-bond acceptors (Lipinski definition) is 13. The summed E-state index contributed by atoms with van der Waals surface area (Å²) in [4.78, 5) is 51.3. The van der Waals surface area contributed by atoms with Crippen LogP contribution in [0.3, 0.4) is 0 Å². The van der Waals surface area contributed by atoms with E-state index in [9.17, 15) is 19.2 Å². The van der Waals surface area contributed by atoms with E-state index >= 15 is 0 Å². The molecule has 2 aliphatic rings. The van der Waals surface area contributed by atoms with Gasteiger partial charge >= 0.3 is 23.5 Å². The fourth-order valence-corrected chi connectivity index (χ4v) is 7.96. The van der Waals surface area contributed by atoms with Crippen molar-refractivity contribution in [3.8, 4) is 11.5 Å². The summed E-state index contributed by atoms with van der Waals surface area (Å²) in [5, 5.41) is 3.43. The summed E-state index contributed by atoms with van der Waals surface area (Å²) in [5.41, 5.74) is 3.16.